The highest BCUT2D eigenvalue weighted by molar-refractivity contribution is 6.33. The maximum Gasteiger partial charge on any atom is 0.412 e. The number of rotatable bonds is 5. The van der Waals surface area contributed by atoms with Crippen LogP contribution in [0.5, 0.6) is 11.5 Å². The van der Waals surface area contributed by atoms with Crippen LogP contribution in [0.15, 0.2) is 12.1 Å². The molecule has 1 aromatic rings. The summed E-state index contributed by atoms with van der Waals surface area (Å²) in [4.78, 5) is 23.1. The SMILES string of the molecule is CNC(=O)Oc1ccc(CCN)c(Cl)c1OC(=O)C(C)C.Cl. The van der Waals surface area contributed by atoms with Crippen molar-refractivity contribution in [1.82, 2.24) is 5.32 Å². The largest absolute Gasteiger partial charge is 0.421 e. The Balaban J connectivity index is 0.00000441. The summed E-state index contributed by atoms with van der Waals surface area (Å²) in [7, 11) is 1.42. The maximum atomic E-state index is 11.8. The van der Waals surface area contributed by atoms with Crippen LogP contribution < -0.4 is 20.5 Å². The molecule has 0 unspecified atom stereocenters. The van der Waals surface area contributed by atoms with Crippen LogP contribution >= 0.6 is 24.0 Å². The molecule has 0 heterocycles. The van der Waals surface area contributed by atoms with Crippen LogP contribution in [-0.2, 0) is 11.2 Å². The molecule has 0 saturated carbocycles. The molecule has 0 aliphatic carbocycles. The van der Waals surface area contributed by atoms with E-state index < -0.39 is 12.1 Å². The monoisotopic (exact) mass is 350 g/mol. The lowest BCUT2D eigenvalue weighted by Crippen LogP contribution is -2.23. The van der Waals surface area contributed by atoms with Crippen molar-refractivity contribution >= 4 is 36.1 Å². The molecule has 124 valence electrons. The number of carbonyl (C=O) groups is 2. The van der Waals surface area contributed by atoms with Gasteiger partial charge in [-0.1, -0.05) is 31.5 Å². The Kier molecular flexibility index (Phi) is 8.86. The van der Waals surface area contributed by atoms with Crippen LogP contribution in [0.2, 0.25) is 5.02 Å². The van der Waals surface area contributed by atoms with Crippen molar-refractivity contribution < 1.29 is 19.1 Å². The second kappa shape index (κ2) is 9.50. The molecule has 0 aliphatic heterocycles. The van der Waals surface area contributed by atoms with Gasteiger partial charge in [-0.2, -0.15) is 0 Å². The molecule has 0 bridgehead atoms. The molecule has 0 radical (unpaired) electrons. The summed E-state index contributed by atoms with van der Waals surface area (Å²) < 4.78 is 10.3. The summed E-state index contributed by atoms with van der Waals surface area (Å²) in [5, 5.41) is 2.53. The lowest BCUT2D eigenvalue weighted by molar-refractivity contribution is -0.137. The van der Waals surface area contributed by atoms with Gasteiger partial charge in [0, 0.05) is 7.05 Å². The molecule has 1 rings (SSSR count). The van der Waals surface area contributed by atoms with Gasteiger partial charge in [-0.25, -0.2) is 4.79 Å². The number of halogens is 2. The minimum Gasteiger partial charge on any atom is -0.421 e. The van der Waals surface area contributed by atoms with Gasteiger partial charge < -0.3 is 20.5 Å². The molecule has 6 nitrogen and oxygen atoms in total. The number of ether oxygens (including phenoxy) is 2. The quantitative estimate of drug-likeness (QED) is 0.628. The summed E-state index contributed by atoms with van der Waals surface area (Å²) in [6.45, 7) is 3.78. The first-order chi connectivity index (χ1) is 9.90. The van der Waals surface area contributed by atoms with Crippen molar-refractivity contribution in [2.45, 2.75) is 20.3 Å². The molecular formula is C14H20Cl2N2O4. The fraction of sp³-hybridized carbons (Fsp3) is 0.429. The molecule has 22 heavy (non-hydrogen) atoms. The molecule has 1 amide bonds. The van der Waals surface area contributed by atoms with Crippen LogP contribution in [0.1, 0.15) is 19.4 Å². The number of hydrogen-bond donors (Lipinski definition) is 2. The number of benzene rings is 1. The highest BCUT2D eigenvalue weighted by Gasteiger charge is 2.20. The van der Waals surface area contributed by atoms with E-state index >= 15 is 0 Å². The van der Waals surface area contributed by atoms with Gasteiger partial charge in [-0.15, -0.1) is 12.4 Å². The highest BCUT2D eigenvalue weighted by atomic mass is 35.5. The average Bonchev–Trinajstić information content (AvgIpc) is 2.45. The van der Waals surface area contributed by atoms with Crippen molar-refractivity contribution in [3.8, 4) is 11.5 Å². The van der Waals surface area contributed by atoms with Crippen molar-refractivity contribution in [3.05, 3.63) is 22.7 Å². The summed E-state index contributed by atoms with van der Waals surface area (Å²) >= 11 is 6.22. The van der Waals surface area contributed by atoms with Crippen LogP contribution in [0, 0.1) is 5.92 Å². The number of nitrogens with one attached hydrogen (secondary N) is 1. The van der Waals surface area contributed by atoms with E-state index in [1.807, 2.05) is 0 Å². The van der Waals surface area contributed by atoms with E-state index in [4.69, 9.17) is 26.8 Å². The van der Waals surface area contributed by atoms with E-state index in [0.717, 1.165) is 5.56 Å². The second-order valence-electron chi connectivity index (χ2n) is 4.62. The fourth-order valence-corrected chi connectivity index (χ4v) is 1.76. The van der Waals surface area contributed by atoms with Crippen molar-refractivity contribution in [2.75, 3.05) is 13.6 Å². The van der Waals surface area contributed by atoms with Gasteiger partial charge in [0.25, 0.3) is 0 Å². The van der Waals surface area contributed by atoms with Gasteiger partial charge in [0.05, 0.1) is 10.9 Å². The van der Waals surface area contributed by atoms with E-state index in [9.17, 15) is 9.59 Å². The van der Waals surface area contributed by atoms with Crippen LogP contribution in [-0.4, -0.2) is 25.7 Å². The maximum absolute atomic E-state index is 11.8. The van der Waals surface area contributed by atoms with Crippen molar-refractivity contribution in [2.24, 2.45) is 11.7 Å². The number of carbonyl (C=O) groups excluding carboxylic acids is 2. The minimum absolute atomic E-state index is 0. The van der Waals surface area contributed by atoms with Gasteiger partial charge in [-0.3, -0.25) is 4.79 Å². The number of amides is 1. The molecule has 8 heteroatoms. The summed E-state index contributed by atoms with van der Waals surface area (Å²) in [6.07, 6.45) is -0.162. The normalized spacial score (nSPS) is 9.91. The lowest BCUT2D eigenvalue weighted by Gasteiger charge is -2.15. The first-order valence-corrected chi connectivity index (χ1v) is 6.91. The zero-order valence-electron chi connectivity index (χ0n) is 12.6. The molecule has 0 spiro atoms. The predicted molar refractivity (Wildman–Crippen MR) is 87.0 cm³/mol. The molecule has 0 saturated heterocycles. The number of nitrogens with two attached hydrogens (primary N) is 1. The van der Waals surface area contributed by atoms with Crippen molar-refractivity contribution in [3.63, 3.8) is 0 Å². The lowest BCUT2D eigenvalue weighted by atomic mass is 10.1. The zero-order chi connectivity index (χ0) is 16.0. The van der Waals surface area contributed by atoms with E-state index in [2.05, 4.69) is 5.32 Å². The Bertz CT molecular complexity index is 536. The Labute approximate surface area is 140 Å². The van der Waals surface area contributed by atoms with Crippen LogP contribution in [0.25, 0.3) is 0 Å². The smallest absolute Gasteiger partial charge is 0.412 e. The van der Waals surface area contributed by atoms with E-state index in [-0.39, 0.29) is 34.8 Å². The Morgan fingerprint density at radius 1 is 1.32 bits per heavy atom. The summed E-state index contributed by atoms with van der Waals surface area (Å²) in [6, 6.07) is 3.20. The summed E-state index contributed by atoms with van der Waals surface area (Å²) in [5.41, 5.74) is 6.23. The first-order valence-electron chi connectivity index (χ1n) is 6.53. The summed E-state index contributed by atoms with van der Waals surface area (Å²) in [5.74, 6) is -0.699. The van der Waals surface area contributed by atoms with Gasteiger partial charge in [0.1, 0.15) is 0 Å². The number of hydrogen-bond acceptors (Lipinski definition) is 5. The Morgan fingerprint density at radius 2 is 1.95 bits per heavy atom. The fourth-order valence-electron chi connectivity index (χ4n) is 1.47. The third kappa shape index (κ3) is 5.36. The Morgan fingerprint density at radius 3 is 2.45 bits per heavy atom. The minimum atomic E-state index is -0.681. The van der Waals surface area contributed by atoms with E-state index in [1.165, 1.54) is 13.1 Å². The second-order valence-corrected chi connectivity index (χ2v) is 5.00. The van der Waals surface area contributed by atoms with Crippen LogP contribution in [0.3, 0.4) is 0 Å². The topological polar surface area (TPSA) is 90.7 Å². The van der Waals surface area contributed by atoms with Gasteiger partial charge in [0.2, 0.25) is 0 Å². The standard InChI is InChI=1S/C14H19ClN2O4.ClH/c1-8(2)13(18)21-12-10(20-14(19)17-3)5-4-9(6-7-16)11(12)15;/h4-5,8H,6-7,16H2,1-3H3,(H,17,19);1H. The zero-order valence-corrected chi connectivity index (χ0v) is 14.2. The van der Waals surface area contributed by atoms with Crippen molar-refractivity contribution in [1.29, 1.82) is 0 Å². The molecule has 0 atom stereocenters. The number of esters is 1. The van der Waals surface area contributed by atoms with Gasteiger partial charge >= 0.3 is 12.1 Å². The third-order valence-corrected chi connectivity index (χ3v) is 3.05. The van der Waals surface area contributed by atoms with Crippen LogP contribution in [0.4, 0.5) is 4.79 Å². The molecule has 1 aromatic carbocycles. The third-order valence-electron chi connectivity index (χ3n) is 2.64. The Hall–Kier alpha value is -1.50. The first kappa shape index (κ1) is 20.5. The molecule has 3 N–H and O–H groups in total. The molecule has 0 aromatic heterocycles. The average molecular weight is 351 g/mol. The van der Waals surface area contributed by atoms with Gasteiger partial charge in [-0.05, 0) is 24.6 Å². The van der Waals surface area contributed by atoms with E-state index in [0.29, 0.717) is 13.0 Å². The molecule has 0 fully saturated rings. The molecular weight excluding hydrogens is 331 g/mol. The highest BCUT2D eigenvalue weighted by Crippen LogP contribution is 2.38. The molecule has 0 aliphatic rings. The predicted octanol–water partition coefficient (Wildman–Crippen LogP) is 2.54. The van der Waals surface area contributed by atoms with E-state index in [1.54, 1.807) is 19.9 Å². The van der Waals surface area contributed by atoms with Gasteiger partial charge in [0.15, 0.2) is 11.5 Å².